The molecule has 0 aromatic carbocycles. The Morgan fingerprint density at radius 1 is 0.737 bits per heavy atom. The van der Waals surface area contributed by atoms with Crippen molar-refractivity contribution in [3.8, 4) is 0 Å². The van der Waals surface area contributed by atoms with Crippen LogP contribution in [0.1, 0.15) is 116 Å². The van der Waals surface area contributed by atoms with Crippen LogP contribution in [0.15, 0.2) is 23.5 Å². The van der Waals surface area contributed by atoms with Gasteiger partial charge in [0.25, 0.3) is 0 Å². The topological polar surface area (TPSA) is 61.4 Å². The second-order valence-electron chi connectivity index (χ2n) is 10.5. The molecule has 2 N–H and O–H groups in total. The van der Waals surface area contributed by atoms with E-state index in [0.717, 1.165) is 44.5 Å². The number of nitrogens with zero attached hydrogens (tertiary/aromatic N) is 1. The first-order valence-electron chi connectivity index (χ1n) is 15.5. The summed E-state index contributed by atoms with van der Waals surface area (Å²) < 4.78 is 0. The number of allylic oxidation sites excluding steroid dienone is 2. The molecule has 220 valence electrons. The number of carbonyl (C=O) groups is 2. The Kier molecular flexibility index (Phi) is 23.2. The minimum atomic E-state index is 0.0418. The maximum absolute atomic E-state index is 12.0. The second-order valence-corrected chi connectivity index (χ2v) is 13.2. The van der Waals surface area contributed by atoms with Crippen molar-refractivity contribution in [1.29, 1.82) is 0 Å². The molecule has 5 nitrogen and oxygen atoms in total. The second kappa shape index (κ2) is 25.1. The molecule has 1 rings (SSSR count). The van der Waals surface area contributed by atoms with E-state index in [1.165, 1.54) is 108 Å². The molecule has 0 aromatic rings. The SMILES string of the molecule is C=C1C(=O)C(NCCCN(CCCCCCCC=O)CCCCCCCSSCCCCCCC)=C1NC. The molecule has 0 saturated carbocycles. The molecule has 0 unspecified atom stereocenters. The van der Waals surface area contributed by atoms with Crippen LogP contribution in [-0.2, 0) is 9.59 Å². The summed E-state index contributed by atoms with van der Waals surface area (Å²) in [6, 6.07) is 0. The van der Waals surface area contributed by atoms with E-state index in [4.69, 9.17) is 0 Å². The molecule has 1 aliphatic rings. The van der Waals surface area contributed by atoms with Gasteiger partial charge in [-0.2, -0.15) is 0 Å². The highest BCUT2D eigenvalue weighted by atomic mass is 33.1. The molecule has 0 amide bonds. The summed E-state index contributed by atoms with van der Waals surface area (Å²) in [5.41, 5.74) is 2.14. The average molecular weight is 568 g/mol. The van der Waals surface area contributed by atoms with E-state index < -0.39 is 0 Å². The van der Waals surface area contributed by atoms with Crippen molar-refractivity contribution >= 4 is 33.7 Å². The Morgan fingerprint density at radius 3 is 1.84 bits per heavy atom. The average Bonchev–Trinajstić information content (AvgIpc) is 2.93. The lowest BCUT2D eigenvalue weighted by Gasteiger charge is -2.26. The molecule has 0 radical (unpaired) electrons. The van der Waals surface area contributed by atoms with Gasteiger partial charge in [0.15, 0.2) is 0 Å². The van der Waals surface area contributed by atoms with Crippen molar-refractivity contribution in [2.24, 2.45) is 0 Å². The Morgan fingerprint density at radius 2 is 1.26 bits per heavy atom. The monoisotopic (exact) mass is 567 g/mol. The first-order chi connectivity index (χ1) is 18.7. The molecule has 0 heterocycles. The van der Waals surface area contributed by atoms with Crippen LogP contribution in [0.3, 0.4) is 0 Å². The van der Waals surface area contributed by atoms with Crippen LogP contribution >= 0.6 is 21.6 Å². The molecule has 0 fully saturated rings. The van der Waals surface area contributed by atoms with Crippen LogP contribution in [0.4, 0.5) is 0 Å². The van der Waals surface area contributed by atoms with Crippen LogP contribution in [0.2, 0.25) is 0 Å². The van der Waals surface area contributed by atoms with Crippen molar-refractivity contribution in [1.82, 2.24) is 15.5 Å². The summed E-state index contributed by atoms with van der Waals surface area (Å²) in [5.74, 6) is 2.66. The van der Waals surface area contributed by atoms with Crippen molar-refractivity contribution in [3.63, 3.8) is 0 Å². The predicted molar refractivity (Wildman–Crippen MR) is 170 cm³/mol. The molecule has 0 bridgehead atoms. The van der Waals surface area contributed by atoms with E-state index in [0.29, 0.717) is 17.7 Å². The van der Waals surface area contributed by atoms with Crippen LogP contribution in [0.25, 0.3) is 0 Å². The molecule has 7 heteroatoms. The first-order valence-corrected chi connectivity index (χ1v) is 17.9. The van der Waals surface area contributed by atoms with Crippen LogP contribution in [0.5, 0.6) is 0 Å². The third-order valence-electron chi connectivity index (χ3n) is 7.17. The van der Waals surface area contributed by atoms with E-state index in [-0.39, 0.29) is 5.78 Å². The summed E-state index contributed by atoms with van der Waals surface area (Å²) in [4.78, 5) is 25.1. The van der Waals surface area contributed by atoms with E-state index in [1.54, 1.807) is 0 Å². The number of carbonyl (C=O) groups excluding carboxylic acids is 2. The standard InChI is InChI=1S/C31H57N3O2S2/c1-4-5-6-13-18-26-37-38-27-19-14-9-11-16-23-34(22-15-10-7-8-12-17-25-35)24-20-21-33-30-29(32-3)28(2)31(30)36/h25,32-33H,2,4-24,26-27H2,1,3H3. The van der Waals surface area contributed by atoms with Crippen molar-refractivity contribution in [2.75, 3.05) is 44.7 Å². The van der Waals surface area contributed by atoms with Gasteiger partial charge in [-0.3, -0.25) is 4.79 Å². The van der Waals surface area contributed by atoms with Gasteiger partial charge in [-0.05, 0) is 58.2 Å². The number of rotatable bonds is 29. The number of hydrogen-bond acceptors (Lipinski definition) is 7. The number of nitrogens with one attached hydrogen (secondary N) is 2. The van der Waals surface area contributed by atoms with Gasteiger partial charge in [-0.1, -0.05) is 99.3 Å². The van der Waals surface area contributed by atoms with Crippen LogP contribution < -0.4 is 10.6 Å². The molecule has 0 aromatic heterocycles. The fourth-order valence-electron chi connectivity index (χ4n) is 4.76. The summed E-state index contributed by atoms with van der Waals surface area (Å²) in [7, 11) is 5.99. The predicted octanol–water partition coefficient (Wildman–Crippen LogP) is 7.68. The fourth-order valence-corrected chi connectivity index (χ4v) is 7.06. The molecule has 0 aliphatic heterocycles. The molecule has 38 heavy (non-hydrogen) atoms. The zero-order valence-corrected chi connectivity index (χ0v) is 26.3. The Balaban J connectivity index is 2.15. The third-order valence-corrected chi connectivity index (χ3v) is 9.75. The number of unbranched alkanes of at least 4 members (excludes halogenated alkanes) is 13. The smallest absolute Gasteiger partial charge is 0.212 e. The Hall–Kier alpha value is -0.920. The van der Waals surface area contributed by atoms with Gasteiger partial charge in [0, 0.05) is 37.1 Å². The van der Waals surface area contributed by atoms with Crippen molar-refractivity contribution in [3.05, 3.63) is 23.5 Å². The van der Waals surface area contributed by atoms with Crippen LogP contribution in [-0.4, -0.2) is 61.7 Å². The molecule has 1 aliphatic carbocycles. The summed E-state index contributed by atoms with van der Waals surface area (Å²) in [6.07, 6.45) is 22.3. The number of aldehydes is 1. The lowest BCUT2D eigenvalue weighted by Crippen LogP contribution is -2.38. The minimum absolute atomic E-state index is 0.0418. The number of likely N-dealkylation sites (N-methyl/N-ethyl adjacent to an activating group) is 1. The minimum Gasteiger partial charge on any atom is -0.386 e. The molecule has 0 spiro atoms. The lowest BCUT2D eigenvalue weighted by atomic mass is 9.93. The fraction of sp³-hybridized carbons (Fsp3) is 0.806. The Bertz CT molecular complexity index is 670. The molecule has 0 saturated heterocycles. The third kappa shape index (κ3) is 16.9. The summed E-state index contributed by atoms with van der Waals surface area (Å²) in [6.45, 7) is 10.3. The van der Waals surface area contributed by atoms with E-state index in [9.17, 15) is 9.59 Å². The van der Waals surface area contributed by atoms with Gasteiger partial charge >= 0.3 is 0 Å². The molecular formula is C31H57N3O2S2. The summed E-state index contributed by atoms with van der Waals surface area (Å²) in [5, 5.41) is 6.39. The molecular weight excluding hydrogens is 510 g/mol. The van der Waals surface area contributed by atoms with E-state index >= 15 is 0 Å². The highest BCUT2D eigenvalue weighted by molar-refractivity contribution is 8.76. The van der Waals surface area contributed by atoms with E-state index in [2.05, 4.69) is 50.6 Å². The van der Waals surface area contributed by atoms with Gasteiger partial charge in [0.05, 0.1) is 5.70 Å². The van der Waals surface area contributed by atoms with Crippen molar-refractivity contribution in [2.45, 2.75) is 116 Å². The van der Waals surface area contributed by atoms with Gasteiger partial charge in [-0.15, -0.1) is 0 Å². The first kappa shape index (κ1) is 35.1. The Labute approximate surface area is 242 Å². The zero-order chi connectivity index (χ0) is 27.7. The maximum atomic E-state index is 12.0. The molecule has 0 atom stereocenters. The highest BCUT2D eigenvalue weighted by Crippen LogP contribution is 2.25. The number of ketones is 1. The van der Waals surface area contributed by atoms with Crippen LogP contribution in [0, 0.1) is 0 Å². The number of hydrogen-bond donors (Lipinski definition) is 2. The van der Waals surface area contributed by atoms with Crippen molar-refractivity contribution < 1.29 is 9.59 Å². The quantitative estimate of drug-likeness (QED) is 0.0416. The number of Topliss-reactive ketones (excluding diaryl/α,β-unsaturated/α-hetero) is 1. The summed E-state index contributed by atoms with van der Waals surface area (Å²) >= 11 is 0. The van der Waals surface area contributed by atoms with Gasteiger partial charge in [-0.25, -0.2) is 0 Å². The lowest BCUT2D eigenvalue weighted by molar-refractivity contribution is -0.113. The zero-order valence-electron chi connectivity index (χ0n) is 24.6. The van der Waals surface area contributed by atoms with Gasteiger partial charge < -0.3 is 20.3 Å². The highest BCUT2D eigenvalue weighted by Gasteiger charge is 2.30. The maximum Gasteiger partial charge on any atom is 0.212 e. The largest absolute Gasteiger partial charge is 0.386 e. The normalized spacial score (nSPS) is 13.3. The van der Waals surface area contributed by atoms with Gasteiger partial charge in [0.2, 0.25) is 5.78 Å². The van der Waals surface area contributed by atoms with Gasteiger partial charge in [0.1, 0.15) is 12.0 Å². The van der Waals surface area contributed by atoms with E-state index in [1.807, 2.05) is 7.05 Å².